The SMILES string of the molecule is CNc1nc(-c2cc(OC)ccc2Br)nc(C(C)C)c1Br. The Kier molecular flexibility index (Phi) is 5.22. The molecule has 1 aromatic carbocycles. The first kappa shape index (κ1) is 16.2. The van der Waals surface area contributed by atoms with Crippen LogP contribution in [-0.2, 0) is 0 Å². The Labute approximate surface area is 141 Å². The number of nitrogens with zero attached hydrogens (tertiary/aromatic N) is 2. The minimum Gasteiger partial charge on any atom is -0.497 e. The Morgan fingerprint density at radius 1 is 1.19 bits per heavy atom. The molecule has 6 heteroatoms. The van der Waals surface area contributed by atoms with Gasteiger partial charge in [0, 0.05) is 17.1 Å². The van der Waals surface area contributed by atoms with Crippen LogP contribution in [0, 0.1) is 0 Å². The van der Waals surface area contributed by atoms with Gasteiger partial charge in [0.15, 0.2) is 5.82 Å². The van der Waals surface area contributed by atoms with E-state index in [-0.39, 0.29) is 5.92 Å². The molecule has 0 atom stereocenters. The fourth-order valence-corrected chi connectivity index (χ4v) is 3.19. The molecule has 112 valence electrons. The third-order valence-corrected chi connectivity index (χ3v) is 4.55. The summed E-state index contributed by atoms with van der Waals surface area (Å²) in [5.74, 6) is 2.50. The van der Waals surface area contributed by atoms with E-state index in [1.165, 1.54) is 0 Å². The highest BCUT2D eigenvalue weighted by Gasteiger charge is 2.17. The summed E-state index contributed by atoms with van der Waals surface area (Å²) in [6.45, 7) is 4.22. The van der Waals surface area contributed by atoms with Crippen molar-refractivity contribution in [3.63, 3.8) is 0 Å². The van der Waals surface area contributed by atoms with Crippen molar-refractivity contribution >= 4 is 37.7 Å². The zero-order chi connectivity index (χ0) is 15.6. The zero-order valence-corrected chi connectivity index (χ0v) is 15.5. The summed E-state index contributed by atoms with van der Waals surface area (Å²) in [5.41, 5.74) is 1.87. The number of rotatable bonds is 4. The molecule has 0 aliphatic carbocycles. The molecule has 0 bridgehead atoms. The number of hydrogen-bond donors (Lipinski definition) is 1. The number of benzene rings is 1. The maximum Gasteiger partial charge on any atom is 0.163 e. The van der Waals surface area contributed by atoms with Crippen LogP contribution in [0.25, 0.3) is 11.4 Å². The number of hydrogen-bond acceptors (Lipinski definition) is 4. The number of ether oxygens (including phenoxy) is 1. The van der Waals surface area contributed by atoms with Crippen molar-refractivity contribution < 1.29 is 4.74 Å². The van der Waals surface area contributed by atoms with Crippen LogP contribution in [0.1, 0.15) is 25.5 Å². The highest BCUT2D eigenvalue weighted by atomic mass is 79.9. The van der Waals surface area contributed by atoms with Crippen LogP contribution < -0.4 is 10.1 Å². The van der Waals surface area contributed by atoms with Crippen LogP contribution in [0.2, 0.25) is 0 Å². The van der Waals surface area contributed by atoms with E-state index in [2.05, 4.69) is 56.0 Å². The lowest BCUT2D eigenvalue weighted by Crippen LogP contribution is -2.05. The molecule has 2 rings (SSSR count). The van der Waals surface area contributed by atoms with Crippen LogP contribution in [0.3, 0.4) is 0 Å². The van der Waals surface area contributed by atoms with Gasteiger partial charge in [-0.25, -0.2) is 9.97 Å². The first-order valence-corrected chi connectivity index (χ1v) is 8.15. The molecule has 2 aromatic rings. The van der Waals surface area contributed by atoms with E-state index in [1.807, 2.05) is 25.2 Å². The van der Waals surface area contributed by atoms with Gasteiger partial charge in [0.05, 0.1) is 17.3 Å². The lowest BCUT2D eigenvalue weighted by molar-refractivity contribution is 0.415. The van der Waals surface area contributed by atoms with Gasteiger partial charge in [-0.3, -0.25) is 0 Å². The summed E-state index contributed by atoms with van der Waals surface area (Å²) in [6.07, 6.45) is 0. The third kappa shape index (κ3) is 3.37. The molecule has 1 heterocycles. The standard InChI is InChI=1S/C15H17Br2N3O/c1-8(2)13-12(17)15(18-3)20-14(19-13)10-7-9(21-4)5-6-11(10)16/h5-8H,1-4H3,(H,18,19,20). The van der Waals surface area contributed by atoms with Crippen LogP contribution in [-0.4, -0.2) is 24.1 Å². The molecular weight excluding hydrogens is 398 g/mol. The van der Waals surface area contributed by atoms with Crippen molar-refractivity contribution in [3.8, 4) is 17.1 Å². The first-order chi connectivity index (χ1) is 9.97. The summed E-state index contributed by atoms with van der Waals surface area (Å²) >= 11 is 7.13. The first-order valence-electron chi connectivity index (χ1n) is 6.57. The Bertz CT molecular complexity index is 660. The zero-order valence-electron chi connectivity index (χ0n) is 12.4. The molecule has 0 saturated heterocycles. The molecule has 0 fully saturated rings. The van der Waals surface area contributed by atoms with E-state index in [0.29, 0.717) is 5.82 Å². The Morgan fingerprint density at radius 3 is 2.48 bits per heavy atom. The second-order valence-electron chi connectivity index (χ2n) is 4.85. The Morgan fingerprint density at radius 2 is 1.90 bits per heavy atom. The van der Waals surface area contributed by atoms with E-state index < -0.39 is 0 Å². The van der Waals surface area contributed by atoms with Gasteiger partial charge in [-0.1, -0.05) is 29.8 Å². The fraction of sp³-hybridized carbons (Fsp3) is 0.333. The molecule has 0 saturated carbocycles. The topological polar surface area (TPSA) is 47.0 Å². The highest BCUT2D eigenvalue weighted by molar-refractivity contribution is 9.11. The summed E-state index contributed by atoms with van der Waals surface area (Å²) < 4.78 is 7.13. The Hall–Kier alpha value is -1.14. The maximum absolute atomic E-state index is 5.29. The van der Waals surface area contributed by atoms with Gasteiger partial charge in [0.2, 0.25) is 0 Å². The van der Waals surface area contributed by atoms with Gasteiger partial charge < -0.3 is 10.1 Å². The van der Waals surface area contributed by atoms with Crippen LogP contribution in [0.5, 0.6) is 5.75 Å². The molecule has 1 N–H and O–H groups in total. The van der Waals surface area contributed by atoms with Crippen molar-refractivity contribution in [1.82, 2.24) is 9.97 Å². The van der Waals surface area contributed by atoms with Crippen molar-refractivity contribution in [2.24, 2.45) is 0 Å². The average molecular weight is 415 g/mol. The molecule has 21 heavy (non-hydrogen) atoms. The van der Waals surface area contributed by atoms with Crippen molar-refractivity contribution in [2.75, 3.05) is 19.5 Å². The van der Waals surface area contributed by atoms with E-state index in [9.17, 15) is 0 Å². The van der Waals surface area contributed by atoms with Gasteiger partial charge in [-0.15, -0.1) is 0 Å². The minimum atomic E-state index is 0.289. The molecule has 1 aromatic heterocycles. The summed E-state index contributed by atoms with van der Waals surface area (Å²) in [6, 6.07) is 5.76. The molecule has 0 amide bonds. The van der Waals surface area contributed by atoms with Crippen molar-refractivity contribution in [2.45, 2.75) is 19.8 Å². The van der Waals surface area contributed by atoms with Gasteiger partial charge in [-0.05, 0) is 40.0 Å². The molecule has 0 radical (unpaired) electrons. The molecule has 0 aliphatic heterocycles. The maximum atomic E-state index is 5.29. The highest BCUT2D eigenvalue weighted by Crippen LogP contribution is 2.34. The number of nitrogens with one attached hydrogen (secondary N) is 1. The van der Waals surface area contributed by atoms with E-state index in [1.54, 1.807) is 7.11 Å². The molecule has 0 unspecified atom stereocenters. The second-order valence-corrected chi connectivity index (χ2v) is 6.49. The predicted molar refractivity (Wildman–Crippen MR) is 93.1 cm³/mol. The van der Waals surface area contributed by atoms with E-state index >= 15 is 0 Å². The summed E-state index contributed by atoms with van der Waals surface area (Å²) in [4.78, 5) is 9.29. The summed E-state index contributed by atoms with van der Waals surface area (Å²) in [7, 11) is 3.50. The fourth-order valence-electron chi connectivity index (χ4n) is 1.94. The van der Waals surface area contributed by atoms with Crippen molar-refractivity contribution in [1.29, 1.82) is 0 Å². The normalized spacial score (nSPS) is 10.8. The van der Waals surface area contributed by atoms with Crippen molar-refractivity contribution in [3.05, 3.63) is 32.8 Å². The molecular formula is C15H17Br2N3O. The van der Waals surface area contributed by atoms with Gasteiger partial charge in [0.1, 0.15) is 11.6 Å². The molecule has 0 spiro atoms. The number of aromatic nitrogens is 2. The average Bonchev–Trinajstić information content (AvgIpc) is 2.48. The van der Waals surface area contributed by atoms with Crippen LogP contribution in [0.15, 0.2) is 27.1 Å². The monoisotopic (exact) mass is 413 g/mol. The quantitative estimate of drug-likeness (QED) is 0.777. The third-order valence-electron chi connectivity index (χ3n) is 3.07. The smallest absolute Gasteiger partial charge is 0.163 e. The van der Waals surface area contributed by atoms with Gasteiger partial charge in [-0.2, -0.15) is 0 Å². The molecule has 0 aliphatic rings. The Balaban J connectivity index is 2.66. The lowest BCUT2D eigenvalue weighted by Gasteiger charge is -2.14. The molecule has 4 nitrogen and oxygen atoms in total. The second kappa shape index (κ2) is 6.75. The van der Waals surface area contributed by atoms with Crippen LogP contribution in [0.4, 0.5) is 5.82 Å². The lowest BCUT2D eigenvalue weighted by atomic mass is 10.1. The minimum absolute atomic E-state index is 0.289. The van der Waals surface area contributed by atoms with E-state index in [0.717, 1.165) is 31.8 Å². The van der Waals surface area contributed by atoms with E-state index in [4.69, 9.17) is 9.72 Å². The predicted octanol–water partition coefficient (Wildman–Crippen LogP) is 4.84. The number of methoxy groups -OCH3 is 1. The number of halogens is 2. The van der Waals surface area contributed by atoms with Gasteiger partial charge in [0.25, 0.3) is 0 Å². The number of anilines is 1. The van der Waals surface area contributed by atoms with Gasteiger partial charge >= 0.3 is 0 Å². The summed E-state index contributed by atoms with van der Waals surface area (Å²) in [5, 5.41) is 3.10. The largest absolute Gasteiger partial charge is 0.497 e. The van der Waals surface area contributed by atoms with Crippen LogP contribution >= 0.6 is 31.9 Å².